The Labute approximate surface area is 111 Å². The number of rotatable bonds is 4. The fourth-order valence-corrected chi connectivity index (χ4v) is 2.86. The van der Waals surface area contributed by atoms with Crippen LogP contribution in [-0.2, 0) is 0 Å². The van der Waals surface area contributed by atoms with Crippen LogP contribution in [0.1, 0.15) is 19.3 Å². The standard InChI is InChI=1S/C13H19BrN2O/c1-17-13-6-5-10(14)7-12(13)16-11-4-2-3-9(11)8-15/h5-7,9,11,16H,2-4,8,15H2,1H3. The second-order valence-corrected chi connectivity index (χ2v) is 5.44. The van der Waals surface area contributed by atoms with Crippen LogP contribution in [0.3, 0.4) is 0 Å². The van der Waals surface area contributed by atoms with Crippen molar-refractivity contribution in [2.45, 2.75) is 25.3 Å². The number of halogens is 1. The summed E-state index contributed by atoms with van der Waals surface area (Å²) < 4.78 is 6.42. The van der Waals surface area contributed by atoms with Crippen molar-refractivity contribution in [2.75, 3.05) is 19.0 Å². The molecule has 0 heterocycles. The van der Waals surface area contributed by atoms with E-state index in [0.717, 1.165) is 22.5 Å². The summed E-state index contributed by atoms with van der Waals surface area (Å²) in [5, 5.41) is 3.57. The second kappa shape index (κ2) is 5.74. The molecule has 0 aliphatic heterocycles. The summed E-state index contributed by atoms with van der Waals surface area (Å²) in [5.41, 5.74) is 6.85. The number of hydrogen-bond donors (Lipinski definition) is 2. The van der Waals surface area contributed by atoms with Gasteiger partial charge >= 0.3 is 0 Å². The van der Waals surface area contributed by atoms with Crippen LogP contribution in [0.5, 0.6) is 5.75 Å². The molecule has 1 aliphatic carbocycles. The Morgan fingerprint density at radius 3 is 3.00 bits per heavy atom. The molecule has 0 amide bonds. The van der Waals surface area contributed by atoms with Crippen molar-refractivity contribution < 1.29 is 4.74 Å². The molecule has 0 spiro atoms. The zero-order valence-electron chi connectivity index (χ0n) is 10.1. The number of nitrogens with one attached hydrogen (secondary N) is 1. The van der Waals surface area contributed by atoms with E-state index in [1.54, 1.807) is 7.11 Å². The molecule has 0 saturated heterocycles. The third-order valence-corrected chi connectivity index (χ3v) is 3.96. The van der Waals surface area contributed by atoms with Gasteiger partial charge in [-0.2, -0.15) is 0 Å². The summed E-state index contributed by atoms with van der Waals surface area (Å²) in [6.45, 7) is 0.758. The predicted molar refractivity (Wildman–Crippen MR) is 74.5 cm³/mol. The molecule has 1 aromatic carbocycles. The first-order valence-corrected chi connectivity index (χ1v) is 6.84. The lowest BCUT2D eigenvalue weighted by Crippen LogP contribution is -2.29. The van der Waals surface area contributed by atoms with Crippen LogP contribution >= 0.6 is 15.9 Å². The lowest BCUT2D eigenvalue weighted by atomic mass is 10.0. The van der Waals surface area contributed by atoms with Gasteiger partial charge in [0.2, 0.25) is 0 Å². The number of anilines is 1. The normalized spacial score (nSPS) is 23.7. The number of methoxy groups -OCH3 is 1. The Morgan fingerprint density at radius 2 is 2.29 bits per heavy atom. The maximum atomic E-state index is 5.80. The van der Waals surface area contributed by atoms with Gasteiger partial charge in [0, 0.05) is 10.5 Å². The highest BCUT2D eigenvalue weighted by Gasteiger charge is 2.26. The van der Waals surface area contributed by atoms with Crippen molar-refractivity contribution in [3.8, 4) is 5.75 Å². The summed E-state index contributed by atoms with van der Waals surface area (Å²) in [6.07, 6.45) is 3.68. The van der Waals surface area contributed by atoms with Crippen molar-refractivity contribution in [3.63, 3.8) is 0 Å². The third kappa shape index (κ3) is 2.93. The van der Waals surface area contributed by atoms with Crippen molar-refractivity contribution in [1.82, 2.24) is 0 Å². The average Bonchev–Trinajstić information content (AvgIpc) is 2.77. The zero-order valence-corrected chi connectivity index (χ0v) is 11.7. The van der Waals surface area contributed by atoms with Crippen LogP contribution in [0, 0.1) is 5.92 Å². The van der Waals surface area contributed by atoms with Gasteiger partial charge in [-0.1, -0.05) is 22.4 Å². The molecule has 2 atom stereocenters. The average molecular weight is 299 g/mol. The monoisotopic (exact) mass is 298 g/mol. The molecule has 2 rings (SSSR count). The molecular weight excluding hydrogens is 280 g/mol. The highest BCUT2D eigenvalue weighted by atomic mass is 79.9. The Balaban J connectivity index is 2.14. The number of benzene rings is 1. The maximum absolute atomic E-state index is 5.80. The third-order valence-electron chi connectivity index (χ3n) is 3.46. The smallest absolute Gasteiger partial charge is 0.142 e. The van der Waals surface area contributed by atoms with Crippen LogP contribution < -0.4 is 15.8 Å². The first-order valence-electron chi connectivity index (χ1n) is 6.04. The molecular formula is C13H19BrN2O. The van der Waals surface area contributed by atoms with Crippen molar-refractivity contribution in [3.05, 3.63) is 22.7 Å². The first kappa shape index (κ1) is 12.7. The van der Waals surface area contributed by atoms with Gasteiger partial charge in [0.1, 0.15) is 5.75 Å². The summed E-state index contributed by atoms with van der Waals surface area (Å²) in [6, 6.07) is 6.49. The van der Waals surface area contributed by atoms with Gasteiger partial charge in [-0.25, -0.2) is 0 Å². The van der Waals surface area contributed by atoms with Gasteiger partial charge in [-0.05, 0) is 43.5 Å². The molecule has 0 radical (unpaired) electrons. The highest BCUT2D eigenvalue weighted by Crippen LogP contribution is 2.33. The maximum Gasteiger partial charge on any atom is 0.142 e. The van der Waals surface area contributed by atoms with Crippen LogP contribution in [0.2, 0.25) is 0 Å². The molecule has 3 N–H and O–H groups in total. The molecule has 1 saturated carbocycles. The van der Waals surface area contributed by atoms with E-state index >= 15 is 0 Å². The lowest BCUT2D eigenvalue weighted by molar-refractivity contribution is 0.414. The fourth-order valence-electron chi connectivity index (χ4n) is 2.50. The summed E-state index contributed by atoms with van der Waals surface area (Å²) in [4.78, 5) is 0. The van der Waals surface area contributed by atoms with Gasteiger partial charge in [0.25, 0.3) is 0 Å². The Hall–Kier alpha value is -0.740. The molecule has 3 nitrogen and oxygen atoms in total. The summed E-state index contributed by atoms with van der Waals surface area (Å²) in [7, 11) is 1.70. The quantitative estimate of drug-likeness (QED) is 0.898. The fraction of sp³-hybridized carbons (Fsp3) is 0.538. The van der Waals surface area contributed by atoms with E-state index in [9.17, 15) is 0 Å². The SMILES string of the molecule is COc1ccc(Br)cc1NC1CCCC1CN. The Morgan fingerprint density at radius 1 is 1.47 bits per heavy atom. The van der Waals surface area contributed by atoms with Gasteiger partial charge in [0.05, 0.1) is 12.8 Å². The molecule has 1 aromatic rings. The molecule has 2 unspecified atom stereocenters. The molecule has 94 valence electrons. The minimum Gasteiger partial charge on any atom is -0.495 e. The van der Waals surface area contributed by atoms with Gasteiger partial charge in [-0.3, -0.25) is 0 Å². The van der Waals surface area contributed by atoms with E-state index in [4.69, 9.17) is 10.5 Å². The van der Waals surface area contributed by atoms with Crippen LogP contribution in [0.4, 0.5) is 5.69 Å². The van der Waals surface area contributed by atoms with E-state index in [1.165, 1.54) is 19.3 Å². The van der Waals surface area contributed by atoms with E-state index in [-0.39, 0.29) is 0 Å². The van der Waals surface area contributed by atoms with E-state index in [1.807, 2.05) is 12.1 Å². The van der Waals surface area contributed by atoms with E-state index in [0.29, 0.717) is 12.0 Å². The Bertz CT molecular complexity index is 384. The minimum absolute atomic E-state index is 0.475. The van der Waals surface area contributed by atoms with Crippen LogP contribution in [0.15, 0.2) is 22.7 Å². The highest BCUT2D eigenvalue weighted by molar-refractivity contribution is 9.10. The van der Waals surface area contributed by atoms with Crippen LogP contribution in [-0.4, -0.2) is 19.7 Å². The molecule has 17 heavy (non-hydrogen) atoms. The molecule has 4 heteroatoms. The lowest BCUT2D eigenvalue weighted by Gasteiger charge is -2.22. The predicted octanol–water partition coefficient (Wildman–Crippen LogP) is 3.00. The second-order valence-electron chi connectivity index (χ2n) is 4.52. The molecule has 0 aromatic heterocycles. The van der Waals surface area contributed by atoms with Gasteiger partial charge < -0.3 is 15.8 Å². The first-order chi connectivity index (χ1) is 8.24. The van der Waals surface area contributed by atoms with Crippen LogP contribution in [0.25, 0.3) is 0 Å². The zero-order chi connectivity index (χ0) is 12.3. The van der Waals surface area contributed by atoms with E-state index in [2.05, 4.69) is 27.3 Å². The molecule has 1 aliphatic rings. The van der Waals surface area contributed by atoms with Crippen molar-refractivity contribution in [2.24, 2.45) is 11.7 Å². The largest absolute Gasteiger partial charge is 0.495 e. The summed E-state index contributed by atoms with van der Waals surface area (Å²) >= 11 is 3.49. The number of nitrogens with two attached hydrogens (primary N) is 1. The van der Waals surface area contributed by atoms with Crippen molar-refractivity contribution >= 4 is 21.6 Å². The number of ether oxygens (including phenoxy) is 1. The minimum atomic E-state index is 0.475. The molecule has 1 fully saturated rings. The van der Waals surface area contributed by atoms with Crippen molar-refractivity contribution in [1.29, 1.82) is 0 Å². The Kier molecular flexibility index (Phi) is 4.29. The summed E-state index contributed by atoms with van der Waals surface area (Å²) in [5.74, 6) is 1.47. The molecule has 0 bridgehead atoms. The topological polar surface area (TPSA) is 47.3 Å². The van der Waals surface area contributed by atoms with Gasteiger partial charge in [-0.15, -0.1) is 0 Å². The van der Waals surface area contributed by atoms with E-state index < -0.39 is 0 Å². The van der Waals surface area contributed by atoms with Gasteiger partial charge in [0.15, 0.2) is 0 Å². The number of hydrogen-bond acceptors (Lipinski definition) is 3.